The molecule has 6 rings (SSSR count). The van der Waals surface area contributed by atoms with E-state index < -0.39 is 28.4 Å². The van der Waals surface area contributed by atoms with Gasteiger partial charge in [0, 0.05) is 75.0 Å². The minimum atomic E-state index is -1.12. The van der Waals surface area contributed by atoms with Gasteiger partial charge in [0.05, 0.1) is 11.7 Å². The summed E-state index contributed by atoms with van der Waals surface area (Å²) < 4.78 is 51.9. The number of carbonyl (C=O) groups is 1. The first-order valence-corrected chi connectivity index (χ1v) is 17.0. The van der Waals surface area contributed by atoms with E-state index >= 15 is 8.78 Å². The fraction of sp³-hybridized carbons (Fsp3) is 0.273. The molecule has 1 aliphatic heterocycles. The van der Waals surface area contributed by atoms with Crippen LogP contribution in [0.5, 0.6) is 11.5 Å². The summed E-state index contributed by atoms with van der Waals surface area (Å²) in [6, 6.07) is 16.8. The highest BCUT2D eigenvalue weighted by atomic mass is 32.2. The Morgan fingerprint density at radius 2 is 1.98 bits per heavy atom. The van der Waals surface area contributed by atoms with Crippen LogP contribution in [0.1, 0.15) is 35.6 Å². The van der Waals surface area contributed by atoms with E-state index in [1.165, 1.54) is 18.2 Å². The lowest BCUT2D eigenvalue weighted by Gasteiger charge is -2.22. The van der Waals surface area contributed by atoms with Crippen molar-refractivity contribution >= 4 is 39.4 Å². The van der Waals surface area contributed by atoms with E-state index in [2.05, 4.69) is 10.1 Å². The Bertz CT molecular complexity index is 1840. The maximum Gasteiger partial charge on any atom is 0.303 e. The highest BCUT2D eigenvalue weighted by Crippen LogP contribution is 2.38. The Balaban J connectivity index is 1.44. The van der Waals surface area contributed by atoms with Crippen LogP contribution in [0.2, 0.25) is 0 Å². The molecule has 0 amide bonds. The van der Waals surface area contributed by atoms with E-state index in [9.17, 15) is 14.1 Å². The van der Waals surface area contributed by atoms with Crippen LogP contribution >= 0.6 is 11.8 Å². The van der Waals surface area contributed by atoms with E-state index in [0.29, 0.717) is 53.3 Å². The topological polar surface area (TPSA) is 97.2 Å². The quantitative estimate of drug-likeness (QED) is 0.218. The summed E-state index contributed by atoms with van der Waals surface area (Å²) in [4.78, 5) is 14.2. The lowest BCUT2D eigenvalue weighted by Crippen LogP contribution is -2.15. The Hall–Kier alpha value is -3.96. The predicted octanol–water partition coefficient (Wildman–Crippen LogP) is 7.14. The van der Waals surface area contributed by atoms with Gasteiger partial charge in [-0.15, -0.1) is 0 Å². The third-order valence-electron chi connectivity index (χ3n) is 7.80. The zero-order valence-electron chi connectivity index (χ0n) is 23.8. The monoisotopic (exact) mass is 635 g/mol. The summed E-state index contributed by atoms with van der Waals surface area (Å²) in [6.07, 6.45) is 4.79. The van der Waals surface area contributed by atoms with Crippen molar-refractivity contribution in [1.29, 1.82) is 0 Å². The molecule has 228 valence electrons. The maximum atomic E-state index is 15.5. The van der Waals surface area contributed by atoms with Crippen molar-refractivity contribution in [3.05, 3.63) is 101 Å². The number of halogens is 2. The van der Waals surface area contributed by atoms with Gasteiger partial charge in [-0.05, 0) is 66.5 Å². The number of ether oxygens (including phenoxy) is 1. The van der Waals surface area contributed by atoms with Gasteiger partial charge in [-0.2, -0.15) is 16.9 Å². The lowest BCUT2D eigenvalue weighted by atomic mass is 9.99. The number of aromatic amines is 1. The number of hydrogen-bond acceptors (Lipinski definition) is 5. The van der Waals surface area contributed by atoms with Crippen LogP contribution in [0.3, 0.4) is 0 Å². The third-order valence-corrected chi connectivity index (χ3v) is 10.4. The molecule has 2 N–H and O–H groups in total. The molecule has 0 fully saturated rings. The Kier molecular flexibility index (Phi) is 9.13. The lowest BCUT2D eigenvalue weighted by molar-refractivity contribution is -0.136. The second-order valence-electron chi connectivity index (χ2n) is 10.7. The molecule has 2 aromatic heterocycles. The normalized spacial score (nSPS) is 17.8. The first kappa shape index (κ1) is 30.1. The van der Waals surface area contributed by atoms with Crippen LogP contribution in [0.4, 0.5) is 8.78 Å². The predicted molar refractivity (Wildman–Crippen MR) is 170 cm³/mol. The Morgan fingerprint density at radius 3 is 2.84 bits per heavy atom. The average molecular weight is 636 g/mol. The number of thioether (sulfide) groups is 1. The molecule has 1 aliphatic rings. The highest BCUT2D eigenvalue weighted by molar-refractivity contribution is 8.00. The van der Waals surface area contributed by atoms with Gasteiger partial charge in [0.25, 0.3) is 0 Å². The number of aliphatic carboxylic acids is 1. The van der Waals surface area contributed by atoms with Gasteiger partial charge in [0.15, 0.2) is 11.6 Å². The smallest absolute Gasteiger partial charge is 0.303 e. The summed E-state index contributed by atoms with van der Waals surface area (Å²) in [7, 11) is -1.12. The first-order chi connectivity index (χ1) is 21.4. The molecule has 7 nitrogen and oxygen atoms in total. The van der Waals surface area contributed by atoms with Gasteiger partial charge < -0.3 is 14.8 Å². The fourth-order valence-electron chi connectivity index (χ4n) is 5.64. The number of carboxylic acids is 1. The summed E-state index contributed by atoms with van der Waals surface area (Å²) in [5, 5.41) is 14.6. The highest BCUT2D eigenvalue weighted by Gasteiger charge is 2.23. The van der Waals surface area contributed by atoms with E-state index in [4.69, 9.17) is 4.74 Å². The summed E-state index contributed by atoms with van der Waals surface area (Å²) in [5.41, 5.74) is 3.85. The standard InChI is InChI=1S/C33H31F2N3O4S2/c34-27-6-5-23-19-26(27)31-9-13-37-38(31)30(22-3-1-2-21(18-22)4-7-32(39)40)10-14-43-15-17-44(41)16-11-25-24-8-12-36-29(24)20-28(35)33(25)42-23/h1-3,5-6,8-9,12-13,18-20,30,36H,4,7,10-11,14-17H2,(H,39,40). The SMILES string of the molecule is O=C(O)CCc1cccc(C2CCSCCS(=O)CCc3c(c(F)cc4[nH]ccc34)Oc3ccc(F)c(c3)-c3ccnn32)c1. The fourth-order valence-corrected chi connectivity index (χ4v) is 8.09. The van der Waals surface area contributed by atoms with Gasteiger partial charge in [0.1, 0.15) is 11.6 Å². The molecular formula is C33H31F2N3O4S2. The molecule has 11 heteroatoms. The van der Waals surface area contributed by atoms with Crippen LogP contribution in [0, 0.1) is 11.6 Å². The minimum Gasteiger partial charge on any atom is -0.481 e. The zero-order valence-corrected chi connectivity index (χ0v) is 25.4. The molecule has 0 aliphatic carbocycles. The first-order valence-electron chi connectivity index (χ1n) is 14.4. The largest absolute Gasteiger partial charge is 0.481 e. The van der Waals surface area contributed by atoms with Crippen LogP contribution in [-0.2, 0) is 28.4 Å². The summed E-state index contributed by atoms with van der Waals surface area (Å²) in [5.74, 6) is 0.682. The summed E-state index contributed by atoms with van der Waals surface area (Å²) in [6.45, 7) is 0. The van der Waals surface area contributed by atoms with E-state index in [0.717, 1.165) is 22.3 Å². The average Bonchev–Trinajstić information content (AvgIpc) is 3.68. The van der Waals surface area contributed by atoms with Crippen molar-refractivity contribution in [2.45, 2.75) is 31.7 Å². The second-order valence-corrected chi connectivity index (χ2v) is 13.6. The van der Waals surface area contributed by atoms with E-state index in [-0.39, 0.29) is 29.5 Å². The summed E-state index contributed by atoms with van der Waals surface area (Å²) >= 11 is 1.69. The number of aromatic nitrogens is 3. The van der Waals surface area contributed by atoms with E-state index in [1.807, 2.05) is 30.3 Å². The third kappa shape index (κ3) is 6.58. The molecule has 3 aromatic carbocycles. The van der Waals surface area contributed by atoms with Crippen LogP contribution < -0.4 is 4.74 Å². The van der Waals surface area contributed by atoms with Crippen LogP contribution in [0.25, 0.3) is 22.2 Å². The van der Waals surface area contributed by atoms with Crippen molar-refractivity contribution in [1.82, 2.24) is 14.8 Å². The zero-order chi connectivity index (χ0) is 30.6. The number of fused-ring (bicyclic) bond motifs is 7. The number of aryl methyl sites for hydroxylation is 2. The van der Waals surface area contributed by atoms with Crippen molar-refractivity contribution < 1.29 is 27.6 Å². The molecule has 2 bridgehead atoms. The van der Waals surface area contributed by atoms with Crippen molar-refractivity contribution in [3.8, 4) is 22.8 Å². The molecule has 3 heterocycles. The van der Waals surface area contributed by atoms with Crippen molar-refractivity contribution in [2.75, 3.05) is 23.0 Å². The molecule has 0 saturated carbocycles. The number of H-pyrrole nitrogens is 1. The van der Waals surface area contributed by atoms with Gasteiger partial charge in [-0.3, -0.25) is 13.7 Å². The molecule has 0 saturated heterocycles. The van der Waals surface area contributed by atoms with Crippen LogP contribution in [-0.4, -0.2) is 53.1 Å². The molecular weight excluding hydrogens is 605 g/mol. The minimum absolute atomic E-state index is 0.0193. The van der Waals surface area contributed by atoms with Gasteiger partial charge in [0.2, 0.25) is 0 Å². The molecule has 5 aromatic rings. The molecule has 2 unspecified atom stereocenters. The Labute approximate surface area is 260 Å². The van der Waals surface area contributed by atoms with Crippen molar-refractivity contribution in [2.24, 2.45) is 0 Å². The van der Waals surface area contributed by atoms with Crippen molar-refractivity contribution in [3.63, 3.8) is 0 Å². The van der Waals surface area contributed by atoms with Gasteiger partial charge in [-0.25, -0.2) is 8.78 Å². The number of benzene rings is 3. The van der Waals surface area contributed by atoms with E-state index in [1.54, 1.807) is 41.0 Å². The van der Waals surface area contributed by atoms with Gasteiger partial charge >= 0.3 is 5.97 Å². The molecule has 2 atom stereocenters. The number of nitrogens with one attached hydrogen (secondary N) is 1. The second kappa shape index (κ2) is 13.4. The molecule has 0 radical (unpaired) electrons. The number of hydrogen-bond donors (Lipinski definition) is 2. The number of rotatable bonds is 4. The molecule has 44 heavy (non-hydrogen) atoms. The Morgan fingerprint density at radius 1 is 1.09 bits per heavy atom. The maximum absolute atomic E-state index is 15.5. The van der Waals surface area contributed by atoms with Gasteiger partial charge in [-0.1, -0.05) is 24.3 Å². The number of carboxylic acid groups (broad SMARTS) is 1. The number of nitrogens with zero attached hydrogens (tertiary/aromatic N) is 2. The molecule has 0 spiro atoms. The van der Waals surface area contributed by atoms with Crippen LogP contribution in [0.15, 0.2) is 73.1 Å².